The Kier molecular flexibility index (Phi) is 2.73. The van der Waals surface area contributed by atoms with Crippen molar-refractivity contribution in [1.29, 1.82) is 0 Å². The van der Waals surface area contributed by atoms with E-state index in [2.05, 4.69) is 20.5 Å². The van der Waals surface area contributed by atoms with Gasteiger partial charge in [-0.05, 0) is 34.9 Å². The Bertz CT molecular complexity index is 591. The van der Waals surface area contributed by atoms with E-state index in [1.165, 1.54) is 0 Å². The molecule has 0 spiro atoms. The summed E-state index contributed by atoms with van der Waals surface area (Å²) in [5.74, 6) is -0.101. The largest absolute Gasteiger partial charge is 0.481 e. The van der Waals surface area contributed by atoms with Crippen molar-refractivity contribution in [3.63, 3.8) is 0 Å². The molecule has 2 aromatic heterocycles. The van der Waals surface area contributed by atoms with Crippen molar-refractivity contribution in [3.05, 3.63) is 35.9 Å². The third-order valence-corrected chi connectivity index (χ3v) is 3.45. The van der Waals surface area contributed by atoms with Gasteiger partial charge in [0.25, 0.3) is 0 Å². The second-order valence-electron chi connectivity index (χ2n) is 4.88. The van der Waals surface area contributed by atoms with Gasteiger partial charge < -0.3 is 5.11 Å². The van der Waals surface area contributed by atoms with Gasteiger partial charge in [-0.15, -0.1) is 5.10 Å². The van der Waals surface area contributed by atoms with Gasteiger partial charge in [0.05, 0.1) is 12.0 Å². The number of rotatable bonds is 5. The van der Waals surface area contributed by atoms with Crippen LogP contribution in [0.3, 0.4) is 0 Å². The molecule has 1 fully saturated rings. The average Bonchev–Trinajstić information content (AvgIpc) is 3.07. The van der Waals surface area contributed by atoms with Crippen LogP contribution in [-0.2, 0) is 17.8 Å². The fraction of sp³-hybridized carbons (Fsp3) is 0.417. The standard InChI is InChI=1S/C12H13N5O2/c18-11(19)12(3-4-12)8-17-10(14-15-16-17)6-9-2-1-5-13-7-9/h1-2,5,7H,3-4,6,8H2,(H,18,19). The molecule has 1 aliphatic carbocycles. The SMILES string of the molecule is O=C(O)C1(Cn2nnnc2Cc2cccnc2)CC1. The number of carboxylic acid groups (broad SMARTS) is 1. The molecule has 0 aliphatic heterocycles. The van der Waals surface area contributed by atoms with Gasteiger partial charge in [0.1, 0.15) is 0 Å². The van der Waals surface area contributed by atoms with Gasteiger partial charge in [-0.1, -0.05) is 6.07 Å². The van der Waals surface area contributed by atoms with Gasteiger partial charge in [-0.3, -0.25) is 9.78 Å². The van der Waals surface area contributed by atoms with E-state index in [4.69, 9.17) is 0 Å². The van der Waals surface area contributed by atoms with E-state index in [1.807, 2.05) is 12.1 Å². The summed E-state index contributed by atoms with van der Waals surface area (Å²) < 4.78 is 1.59. The topological polar surface area (TPSA) is 93.8 Å². The molecule has 0 amide bonds. The Balaban J connectivity index is 1.78. The van der Waals surface area contributed by atoms with E-state index < -0.39 is 11.4 Å². The van der Waals surface area contributed by atoms with Crippen molar-refractivity contribution in [1.82, 2.24) is 25.2 Å². The molecular formula is C12H13N5O2. The quantitative estimate of drug-likeness (QED) is 0.841. The summed E-state index contributed by atoms with van der Waals surface area (Å²) in [5.41, 5.74) is 0.331. The molecule has 0 atom stereocenters. The van der Waals surface area contributed by atoms with Gasteiger partial charge in [-0.2, -0.15) is 0 Å². The molecule has 0 saturated heterocycles. The fourth-order valence-electron chi connectivity index (χ4n) is 2.04. The van der Waals surface area contributed by atoms with Gasteiger partial charge >= 0.3 is 5.97 Å². The summed E-state index contributed by atoms with van der Waals surface area (Å²) in [6.45, 7) is 0.338. The summed E-state index contributed by atoms with van der Waals surface area (Å²) in [4.78, 5) is 15.2. The van der Waals surface area contributed by atoms with Crippen molar-refractivity contribution < 1.29 is 9.90 Å². The normalized spacial score (nSPS) is 16.2. The van der Waals surface area contributed by atoms with E-state index in [9.17, 15) is 9.90 Å². The maximum absolute atomic E-state index is 11.2. The predicted molar refractivity (Wildman–Crippen MR) is 64.2 cm³/mol. The summed E-state index contributed by atoms with van der Waals surface area (Å²) in [6.07, 6.45) is 5.39. The van der Waals surface area contributed by atoms with E-state index >= 15 is 0 Å². The molecule has 98 valence electrons. The second-order valence-corrected chi connectivity index (χ2v) is 4.88. The zero-order valence-corrected chi connectivity index (χ0v) is 10.2. The van der Waals surface area contributed by atoms with E-state index in [0.717, 1.165) is 5.56 Å². The Morgan fingerprint density at radius 3 is 2.95 bits per heavy atom. The molecule has 7 nitrogen and oxygen atoms in total. The second kappa shape index (κ2) is 4.42. The number of carbonyl (C=O) groups is 1. The van der Waals surface area contributed by atoms with Gasteiger partial charge in [0.2, 0.25) is 0 Å². The number of hydrogen-bond donors (Lipinski definition) is 1. The van der Waals surface area contributed by atoms with Gasteiger partial charge in [-0.25, -0.2) is 4.68 Å². The molecule has 1 aliphatic rings. The molecule has 0 radical (unpaired) electrons. The predicted octanol–water partition coefficient (Wildman–Crippen LogP) is 0.524. The highest BCUT2D eigenvalue weighted by atomic mass is 16.4. The van der Waals surface area contributed by atoms with Crippen LogP contribution in [0.25, 0.3) is 0 Å². The van der Waals surface area contributed by atoms with Crippen molar-refractivity contribution in [2.45, 2.75) is 25.8 Å². The number of tetrazole rings is 1. The van der Waals surface area contributed by atoms with Crippen LogP contribution in [0.1, 0.15) is 24.2 Å². The Morgan fingerprint density at radius 2 is 2.32 bits per heavy atom. The number of carboxylic acids is 1. The van der Waals surface area contributed by atoms with Gasteiger partial charge in [0, 0.05) is 18.8 Å². The van der Waals surface area contributed by atoms with E-state index in [1.54, 1.807) is 17.1 Å². The van der Waals surface area contributed by atoms with Crippen molar-refractivity contribution in [2.24, 2.45) is 5.41 Å². The van der Waals surface area contributed by atoms with Crippen LogP contribution >= 0.6 is 0 Å². The zero-order valence-electron chi connectivity index (χ0n) is 10.2. The molecule has 0 bridgehead atoms. The third kappa shape index (κ3) is 2.31. The highest BCUT2D eigenvalue weighted by Gasteiger charge is 2.51. The highest BCUT2D eigenvalue weighted by molar-refractivity contribution is 5.77. The average molecular weight is 259 g/mol. The minimum Gasteiger partial charge on any atom is -0.481 e. The Labute approximate surface area is 109 Å². The van der Waals surface area contributed by atoms with Crippen LogP contribution in [0.2, 0.25) is 0 Å². The van der Waals surface area contributed by atoms with Crippen LogP contribution in [0.4, 0.5) is 0 Å². The Morgan fingerprint density at radius 1 is 1.47 bits per heavy atom. The van der Waals surface area contributed by atoms with Crippen molar-refractivity contribution in [2.75, 3.05) is 0 Å². The summed E-state index contributed by atoms with van der Waals surface area (Å²) in [7, 11) is 0. The number of nitrogens with zero attached hydrogens (tertiary/aromatic N) is 5. The van der Waals surface area contributed by atoms with Crippen LogP contribution in [0.15, 0.2) is 24.5 Å². The first-order chi connectivity index (χ1) is 9.20. The lowest BCUT2D eigenvalue weighted by molar-refractivity contribution is -0.144. The molecule has 2 heterocycles. The minimum atomic E-state index is -0.768. The zero-order chi connectivity index (χ0) is 13.3. The molecule has 1 saturated carbocycles. The number of aromatic nitrogens is 5. The van der Waals surface area contributed by atoms with Crippen LogP contribution in [0.5, 0.6) is 0 Å². The summed E-state index contributed by atoms with van der Waals surface area (Å²) in [5, 5.41) is 20.7. The monoisotopic (exact) mass is 259 g/mol. The summed E-state index contributed by atoms with van der Waals surface area (Å²) in [6, 6.07) is 3.79. The minimum absolute atomic E-state index is 0.338. The first-order valence-corrected chi connectivity index (χ1v) is 6.07. The lowest BCUT2D eigenvalue weighted by atomic mass is 10.1. The molecule has 3 rings (SSSR count). The maximum Gasteiger partial charge on any atom is 0.311 e. The first-order valence-electron chi connectivity index (χ1n) is 6.07. The maximum atomic E-state index is 11.2. The first kappa shape index (κ1) is 11.8. The number of hydrogen-bond acceptors (Lipinski definition) is 5. The smallest absolute Gasteiger partial charge is 0.311 e. The lowest BCUT2D eigenvalue weighted by Gasteiger charge is -2.10. The lowest BCUT2D eigenvalue weighted by Crippen LogP contribution is -2.23. The number of aliphatic carboxylic acids is 1. The van der Waals surface area contributed by atoms with Gasteiger partial charge in [0.15, 0.2) is 5.82 Å². The molecule has 2 aromatic rings. The molecule has 7 heteroatoms. The van der Waals surface area contributed by atoms with Crippen LogP contribution < -0.4 is 0 Å². The van der Waals surface area contributed by atoms with E-state index in [-0.39, 0.29) is 0 Å². The highest BCUT2D eigenvalue weighted by Crippen LogP contribution is 2.47. The summed E-state index contributed by atoms with van der Waals surface area (Å²) >= 11 is 0. The van der Waals surface area contributed by atoms with E-state index in [0.29, 0.717) is 31.6 Å². The number of pyridine rings is 1. The Hall–Kier alpha value is -2.31. The molecule has 19 heavy (non-hydrogen) atoms. The van der Waals surface area contributed by atoms with Crippen LogP contribution in [-0.4, -0.2) is 36.3 Å². The van der Waals surface area contributed by atoms with Crippen LogP contribution in [0, 0.1) is 5.41 Å². The molecule has 0 aromatic carbocycles. The molecule has 1 N–H and O–H groups in total. The van der Waals surface area contributed by atoms with Crippen molar-refractivity contribution in [3.8, 4) is 0 Å². The fourth-order valence-corrected chi connectivity index (χ4v) is 2.04. The molecular weight excluding hydrogens is 246 g/mol. The molecule has 0 unspecified atom stereocenters. The third-order valence-electron chi connectivity index (χ3n) is 3.45. The van der Waals surface area contributed by atoms with Crippen molar-refractivity contribution >= 4 is 5.97 Å².